The summed E-state index contributed by atoms with van der Waals surface area (Å²) in [6.07, 6.45) is 4.40. The second-order valence-electron chi connectivity index (χ2n) is 6.21. The molecule has 1 heterocycles. The molecular formula is C20H25N3. The summed E-state index contributed by atoms with van der Waals surface area (Å²) in [7, 11) is 0. The van der Waals surface area contributed by atoms with Crippen molar-refractivity contribution in [2.75, 3.05) is 13.1 Å². The molecular weight excluding hydrogens is 282 g/mol. The van der Waals surface area contributed by atoms with Crippen molar-refractivity contribution < 1.29 is 0 Å². The van der Waals surface area contributed by atoms with Crippen molar-refractivity contribution in [3.05, 3.63) is 77.5 Å². The van der Waals surface area contributed by atoms with E-state index in [-0.39, 0.29) is 6.04 Å². The van der Waals surface area contributed by atoms with E-state index in [9.17, 15) is 0 Å². The minimum Gasteiger partial charge on any atom is -0.369 e. The first kappa shape index (κ1) is 15.8. The molecule has 1 aliphatic rings. The summed E-state index contributed by atoms with van der Waals surface area (Å²) >= 11 is 0. The lowest BCUT2D eigenvalue weighted by Crippen LogP contribution is -2.40. The van der Waals surface area contributed by atoms with Crippen LogP contribution in [-0.4, -0.2) is 24.0 Å². The summed E-state index contributed by atoms with van der Waals surface area (Å²) in [5, 5.41) is 3.50. The fourth-order valence-corrected chi connectivity index (χ4v) is 2.95. The lowest BCUT2D eigenvalue weighted by atomic mass is 10.0. The van der Waals surface area contributed by atoms with Gasteiger partial charge < -0.3 is 16.0 Å². The smallest absolute Gasteiger partial charge is 0.0433 e. The van der Waals surface area contributed by atoms with Crippen molar-refractivity contribution in [3.8, 4) is 0 Å². The average Bonchev–Trinajstić information content (AvgIpc) is 2.61. The van der Waals surface area contributed by atoms with Gasteiger partial charge in [0.2, 0.25) is 0 Å². The summed E-state index contributed by atoms with van der Waals surface area (Å²) in [5.74, 6) is 0. The number of benzene rings is 2. The molecule has 2 aromatic rings. The average molecular weight is 307 g/mol. The van der Waals surface area contributed by atoms with Crippen LogP contribution in [0, 0.1) is 0 Å². The molecule has 0 radical (unpaired) electrons. The number of hydrogen-bond acceptors (Lipinski definition) is 3. The molecule has 0 saturated heterocycles. The van der Waals surface area contributed by atoms with Gasteiger partial charge in [0.1, 0.15) is 0 Å². The summed E-state index contributed by atoms with van der Waals surface area (Å²) < 4.78 is 0. The normalized spacial score (nSPS) is 16.0. The van der Waals surface area contributed by atoms with E-state index in [0.29, 0.717) is 6.04 Å². The quantitative estimate of drug-likeness (QED) is 0.861. The number of hydrogen-bond donors (Lipinski definition) is 2. The fourth-order valence-electron chi connectivity index (χ4n) is 2.95. The Morgan fingerprint density at radius 2 is 1.78 bits per heavy atom. The van der Waals surface area contributed by atoms with Crippen LogP contribution < -0.4 is 11.1 Å². The van der Waals surface area contributed by atoms with Crippen molar-refractivity contribution >= 4 is 6.08 Å². The van der Waals surface area contributed by atoms with Crippen LogP contribution in [0.3, 0.4) is 0 Å². The van der Waals surface area contributed by atoms with Crippen molar-refractivity contribution in [2.24, 2.45) is 5.73 Å². The second kappa shape index (κ2) is 7.44. The Bertz CT molecular complexity index is 651. The molecule has 0 aliphatic carbocycles. The monoisotopic (exact) mass is 307 g/mol. The Balaban J connectivity index is 1.48. The molecule has 3 heteroatoms. The predicted octanol–water partition coefficient (Wildman–Crippen LogP) is 3.15. The van der Waals surface area contributed by atoms with Crippen molar-refractivity contribution in [1.82, 2.24) is 10.2 Å². The van der Waals surface area contributed by atoms with Crippen LogP contribution in [0.5, 0.6) is 0 Å². The summed E-state index contributed by atoms with van der Waals surface area (Å²) in [5.41, 5.74) is 10.1. The maximum Gasteiger partial charge on any atom is 0.0433 e. The van der Waals surface area contributed by atoms with Gasteiger partial charge >= 0.3 is 0 Å². The van der Waals surface area contributed by atoms with E-state index in [1.54, 1.807) is 0 Å². The fraction of sp³-hybridized carbons (Fsp3) is 0.300. The molecule has 2 atom stereocenters. The van der Waals surface area contributed by atoms with Crippen LogP contribution >= 0.6 is 0 Å². The van der Waals surface area contributed by atoms with Gasteiger partial charge in [0, 0.05) is 37.9 Å². The number of nitrogens with zero attached hydrogens (tertiary/aromatic N) is 1. The second-order valence-corrected chi connectivity index (χ2v) is 6.21. The van der Waals surface area contributed by atoms with Gasteiger partial charge in [-0.25, -0.2) is 0 Å². The van der Waals surface area contributed by atoms with Gasteiger partial charge in [-0.1, -0.05) is 54.6 Å². The van der Waals surface area contributed by atoms with Crippen LogP contribution in [0.2, 0.25) is 0 Å². The number of nitrogens with two attached hydrogens (primary N) is 1. The van der Waals surface area contributed by atoms with E-state index < -0.39 is 0 Å². The third kappa shape index (κ3) is 4.01. The summed E-state index contributed by atoms with van der Waals surface area (Å²) in [6.45, 7) is 4.94. The molecule has 0 fully saturated rings. The highest BCUT2D eigenvalue weighted by Crippen LogP contribution is 2.20. The molecule has 2 aromatic carbocycles. The topological polar surface area (TPSA) is 41.3 Å². The van der Waals surface area contributed by atoms with Gasteiger partial charge in [0.05, 0.1) is 0 Å². The highest BCUT2D eigenvalue weighted by Gasteiger charge is 2.15. The van der Waals surface area contributed by atoms with Gasteiger partial charge in [-0.2, -0.15) is 0 Å². The molecule has 3 N–H and O–H groups in total. The van der Waals surface area contributed by atoms with E-state index in [0.717, 1.165) is 19.6 Å². The van der Waals surface area contributed by atoms with Crippen molar-refractivity contribution in [2.45, 2.75) is 25.6 Å². The number of nitrogens with one attached hydrogen (secondary N) is 1. The zero-order chi connectivity index (χ0) is 16.1. The molecule has 0 saturated carbocycles. The third-order valence-electron chi connectivity index (χ3n) is 4.45. The molecule has 0 spiro atoms. The first-order valence-corrected chi connectivity index (χ1v) is 8.27. The maximum atomic E-state index is 6.23. The highest BCUT2D eigenvalue weighted by atomic mass is 15.2. The Morgan fingerprint density at radius 3 is 2.61 bits per heavy atom. The van der Waals surface area contributed by atoms with Gasteiger partial charge in [0.25, 0.3) is 0 Å². The van der Waals surface area contributed by atoms with Gasteiger partial charge in [-0.05, 0) is 29.7 Å². The first-order chi connectivity index (χ1) is 11.2. The van der Waals surface area contributed by atoms with Crippen LogP contribution in [0.1, 0.15) is 29.7 Å². The molecule has 3 nitrogen and oxygen atoms in total. The molecule has 0 unspecified atom stereocenters. The predicted molar refractivity (Wildman–Crippen MR) is 96.7 cm³/mol. The minimum absolute atomic E-state index is 0.0426. The number of rotatable bonds is 6. The van der Waals surface area contributed by atoms with Crippen LogP contribution in [0.4, 0.5) is 0 Å². The lowest BCUT2D eigenvalue weighted by Gasteiger charge is -2.31. The zero-order valence-corrected chi connectivity index (χ0v) is 13.7. The van der Waals surface area contributed by atoms with E-state index >= 15 is 0 Å². The molecule has 120 valence electrons. The standard InChI is InChI=1S/C20H25N3/c1-16(13-22-14-20(21)18-8-3-2-4-9-18)23-12-11-17-7-5-6-10-19(17)15-23/h2-12,16,20,22H,13-15,21H2,1H3/t16-,20-/m1/s1. The van der Waals surface area contributed by atoms with E-state index in [4.69, 9.17) is 5.73 Å². The Kier molecular flexibility index (Phi) is 5.11. The van der Waals surface area contributed by atoms with E-state index in [2.05, 4.69) is 65.8 Å². The molecule has 3 rings (SSSR count). The molecule has 0 bridgehead atoms. The van der Waals surface area contributed by atoms with Crippen LogP contribution in [0.25, 0.3) is 6.08 Å². The van der Waals surface area contributed by atoms with Crippen molar-refractivity contribution in [1.29, 1.82) is 0 Å². The van der Waals surface area contributed by atoms with E-state index in [1.165, 1.54) is 16.7 Å². The summed E-state index contributed by atoms with van der Waals surface area (Å²) in [6, 6.07) is 19.3. The van der Waals surface area contributed by atoms with Crippen molar-refractivity contribution in [3.63, 3.8) is 0 Å². The molecule has 0 aromatic heterocycles. The maximum absolute atomic E-state index is 6.23. The molecule has 1 aliphatic heterocycles. The van der Waals surface area contributed by atoms with Crippen LogP contribution in [-0.2, 0) is 6.54 Å². The zero-order valence-electron chi connectivity index (χ0n) is 13.7. The van der Waals surface area contributed by atoms with Gasteiger partial charge in [0.15, 0.2) is 0 Å². The number of fused-ring (bicyclic) bond motifs is 1. The highest BCUT2D eigenvalue weighted by molar-refractivity contribution is 5.55. The Labute approximate surface area is 138 Å². The Morgan fingerprint density at radius 1 is 1.04 bits per heavy atom. The Hall–Kier alpha value is -2.10. The van der Waals surface area contributed by atoms with E-state index in [1.807, 2.05) is 18.2 Å². The molecule has 0 amide bonds. The largest absolute Gasteiger partial charge is 0.369 e. The van der Waals surface area contributed by atoms with Gasteiger partial charge in [-0.3, -0.25) is 0 Å². The molecule has 23 heavy (non-hydrogen) atoms. The lowest BCUT2D eigenvalue weighted by molar-refractivity contribution is 0.274. The first-order valence-electron chi connectivity index (χ1n) is 8.27. The SMILES string of the molecule is C[C@H](CNC[C@@H](N)c1ccccc1)N1C=Cc2ccccc2C1. The minimum atomic E-state index is 0.0426. The third-order valence-corrected chi connectivity index (χ3v) is 4.45. The summed E-state index contributed by atoms with van der Waals surface area (Å²) in [4.78, 5) is 2.38. The van der Waals surface area contributed by atoms with Gasteiger partial charge in [-0.15, -0.1) is 0 Å². The van der Waals surface area contributed by atoms with Crippen LogP contribution in [0.15, 0.2) is 60.8 Å².